The molecule has 1 heterocycles. The standard InChI is InChI=1S/C14H11F4N/c1-9-2-11(8-19-7-9)3-10-4-12(14(16,17)18)6-13(15)5-10/h2,4-8H,3H2,1H3. The topological polar surface area (TPSA) is 12.9 Å². The Labute approximate surface area is 107 Å². The van der Waals surface area contributed by atoms with Gasteiger partial charge in [0, 0.05) is 12.4 Å². The zero-order valence-electron chi connectivity index (χ0n) is 10.1. The summed E-state index contributed by atoms with van der Waals surface area (Å²) in [6.45, 7) is 1.84. The van der Waals surface area contributed by atoms with Gasteiger partial charge in [0.15, 0.2) is 0 Å². The molecule has 0 saturated heterocycles. The number of aryl methyl sites for hydroxylation is 1. The maximum absolute atomic E-state index is 13.2. The molecular formula is C14H11F4N. The summed E-state index contributed by atoms with van der Waals surface area (Å²) in [6.07, 6.45) is -1.11. The van der Waals surface area contributed by atoms with Crippen molar-refractivity contribution in [2.24, 2.45) is 0 Å². The van der Waals surface area contributed by atoms with Crippen molar-refractivity contribution >= 4 is 0 Å². The highest BCUT2D eigenvalue weighted by Crippen LogP contribution is 2.30. The summed E-state index contributed by atoms with van der Waals surface area (Å²) in [7, 11) is 0. The van der Waals surface area contributed by atoms with Crippen LogP contribution in [0.4, 0.5) is 17.6 Å². The van der Waals surface area contributed by atoms with Crippen LogP contribution in [-0.2, 0) is 12.6 Å². The van der Waals surface area contributed by atoms with Crippen molar-refractivity contribution < 1.29 is 17.6 Å². The highest BCUT2D eigenvalue weighted by atomic mass is 19.4. The Morgan fingerprint density at radius 2 is 1.74 bits per heavy atom. The van der Waals surface area contributed by atoms with E-state index < -0.39 is 17.6 Å². The lowest BCUT2D eigenvalue weighted by atomic mass is 10.0. The fourth-order valence-corrected chi connectivity index (χ4v) is 1.87. The minimum absolute atomic E-state index is 0.218. The van der Waals surface area contributed by atoms with Crippen LogP contribution in [0.1, 0.15) is 22.3 Å². The average Bonchev–Trinajstić information content (AvgIpc) is 2.26. The van der Waals surface area contributed by atoms with Gasteiger partial charge in [-0.2, -0.15) is 13.2 Å². The van der Waals surface area contributed by atoms with Crippen LogP contribution in [0.3, 0.4) is 0 Å². The van der Waals surface area contributed by atoms with E-state index in [0.717, 1.165) is 23.3 Å². The van der Waals surface area contributed by atoms with Gasteiger partial charge < -0.3 is 0 Å². The number of hydrogen-bond acceptors (Lipinski definition) is 1. The van der Waals surface area contributed by atoms with Crippen molar-refractivity contribution in [3.8, 4) is 0 Å². The van der Waals surface area contributed by atoms with E-state index in [1.54, 1.807) is 12.4 Å². The number of nitrogens with zero attached hydrogens (tertiary/aromatic N) is 1. The lowest BCUT2D eigenvalue weighted by Crippen LogP contribution is -2.06. The molecule has 0 aliphatic carbocycles. The molecule has 0 spiro atoms. The van der Waals surface area contributed by atoms with Crippen LogP contribution >= 0.6 is 0 Å². The van der Waals surface area contributed by atoms with Gasteiger partial charge >= 0.3 is 6.18 Å². The summed E-state index contributed by atoms with van der Waals surface area (Å²) in [6, 6.07) is 4.38. The Bertz CT molecular complexity index is 590. The molecule has 0 N–H and O–H groups in total. The van der Waals surface area contributed by atoms with E-state index in [1.165, 1.54) is 0 Å². The second-order valence-electron chi connectivity index (χ2n) is 4.39. The Hall–Kier alpha value is -1.91. The second kappa shape index (κ2) is 4.99. The first-order valence-corrected chi connectivity index (χ1v) is 5.62. The van der Waals surface area contributed by atoms with E-state index in [0.29, 0.717) is 6.07 Å². The van der Waals surface area contributed by atoms with Gasteiger partial charge in [0.05, 0.1) is 5.56 Å². The Morgan fingerprint density at radius 1 is 1.00 bits per heavy atom. The van der Waals surface area contributed by atoms with Crippen LogP contribution in [0, 0.1) is 12.7 Å². The van der Waals surface area contributed by atoms with E-state index in [2.05, 4.69) is 4.98 Å². The third-order valence-corrected chi connectivity index (χ3v) is 2.62. The zero-order chi connectivity index (χ0) is 14.0. The molecule has 5 heteroatoms. The number of pyridine rings is 1. The Kier molecular flexibility index (Phi) is 3.55. The predicted octanol–water partition coefficient (Wildman–Crippen LogP) is 4.14. The molecule has 0 fully saturated rings. The first-order chi connectivity index (χ1) is 8.84. The molecule has 0 amide bonds. The van der Waals surface area contributed by atoms with Crippen molar-refractivity contribution in [3.05, 3.63) is 64.7 Å². The van der Waals surface area contributed by atoms with Gasteiger partial charge in [0.2, 0.25) is 0 Å². The molecule has 0 unspecified atom stereocenters. The van der Waals surface area contributed by atoms with Gasteiger partial charge in [0.25, 0.3) is 0 Å². The molecule has 1 aromatic carbocycles. The fraction of sp³-hybridized carbons (Fsp3) is 0.214. The van der Waals surface area contributed by atoms with Gasteiger partial charge in [-0.15, -0.1) is 0 Å². The van der Waals surface area contributed by atoms with Crippen molar-refractivity contribution in [2.45, 2.75) is 19.5 Å². The van der Waals surface area contributed by atoms with Crippen LogP contribution < -0.4 is 0 Å². The summed E-state index contributed by atoms with van der Waals surface area (Å²) in [5.41, 5.74) is 0.964. The lowest BCUT2D eigenvalue weighted by molar-refractivity contribution is -0.137. The molecule has 1 nitrogen and oxygen atoms in total. The fourth-order valence-electron chi connectivity index (χ4n) is 1.87. The minimum atomic E-state index is -4.54. The highest BCUT2D eigenvalue weighted by Gasteiger charge is 2.31. The number of rotatable bonds is 2. The van der Waals surface area contributed by atoms with E-state index in [-0.39, 0.29) is 12.0 Å². The number of benzene rings is 1. The number of hydrogen-bond donors (Lipinski definition) is 0. The van der Waals surface area contributed by atoms with Crippen molar-refractivity contribution in [1.82, 2.24) is 4.98 Å². The predicted molar refractivity (Wildman–Crippen MR) is 63.2 cm³/mol. The van der Waals surface area contributed by atoms with Crippen molar-refractivity contribution in [2.75, 3.05) is 0 Å². The largest absolute Gasteiger partial charge is 0.416 e. The highest BCUT2D eigenvalue weighted by molar-refractivity contribution is 5.31. The SMILES string of the molecule is Cc1cncc(Cc2cc(F)cc(C(F)(F)F)c2)c1. The molecule has 100 valence electrons. The number of alkyl halides is 3. The molecule has 0 saturated carbocycles. The summed E-state index contributed by atoms with van der Waals surface area (Å²) in [5.74, 6) is -0.884. The molecular weight excluding hydrogens is 258 g/mol. The molecule has 0 aliphatic rings. The molecule has 19 heavy (non-hydrogen) atoms. The molecule has 0 radical (unpaired) electrons. The number of halogens is 4. The summed E-state index contributed by atoms with van der Waals surface area (Å²) >= 11 is 0. The van der Waals surface area contributed by atoms with Crippen molar-refractivity contribution in [1.29, 1.82) is 0 Å². The van der Waals surface area contributed by atoms with Gasteiger partial charge in [-0.3, -0.25) is 4.98 Å². The molecule has 0 bridgehead atoms. The summed E-state index contributed by atoms with van der Waals surface area (Å²) in [5, 5.41) is 0. The van der Waals surface area contributed by atoms with Gasteiger partial charge in [-0.05, 0) is 48.2 Å². The molecule has 2 rings (SSSR count). The molecule has 0 aliphatic heterocycles. The van der Waals surface area contributed by atoms with Crippen LogP contribution in [0.5, 0.6) is 0 Å². The first kappa shape index (κ1) is 13.5. The Morgan fingerprint density at radius 3 is 2.37 bits per heavy atom. The quantitative estimate of drug-likeness (QED) is 0.747. The third-order valence-electron chi connectivity index (χ3n) is 2.62. The lowest BCUT2D eigenvalue weighted by Gasteiger charge is -2.09. The van der Waals surface area contributed by atoms with Crippen molar-refractivity contribution in [3.63, 3.8) is 0 Å². The Balaban J connectivity index is 2.33. The van der Waals surface area contributed by atoms with E-state index in [9.17, 15) is 17.6 Å². The van der Waals surface area contributed by atoms with E-state index in [1.807, 2.05) is 13.0 Å². The van der Waals surface area contributed by atoms with Gasteiger partial charge in [0.1, 0.15) is 5.82 Å². The summed E-state index contributed by atoms with van der Waals surface area (Å²) in [4.78, 5) is 3.96. The molecule has 2 aromatic rings. The normalized spacial score (nSPS) is 11.6. The maximum Gasteiger partial charge on any atom is 0.416 e. The van der Waals surface area contributed by atoms with Gasteiger partial charge in [-0.25, -0.2) is 4.39 Å². The molecule has 1 aromatic heterocycles. The first-order valence-electron chi connectivity index (χ1n) is 5.62. The van der Waals surface area contributed by atoms with Crippen LogP contribution in [-0.4, -0.2) is 4.98 Å². The smallest absolute Gasteiger partial charge is 0.264 e. The van der Waals surface area contributed by atoms with Crippen LogP contribution in [0.15, 0.2) is 36.7 Å². The zero-order valence-corrected chi connectivity index (χ0v) is 10.1. The van der Waals surface area contributed by atoms with Crippen LogP contribution in [0.25, 0.3) is 0 Å². The minimum Gasteiger partial charge on any atom is -0.264 e. The summed E-state index contributed by atoms with van der Waals surface area (Å²) < 4.78 is 50.9. The number of aromatic nitrogens is 1. The van der Waals surface area contributed by atoms with E-state index in [4.69, 9.17) is 0 Å². The maximum atomic E-state index is 13.2. The average molecular weight is 269 g/mol. The molecule has 0 atom stereocenters. The van der Waals surface area contributed by atoms with Gasteiger partial charge in [-0.1, -0.05) is 6.07 Å². The third kappa shape index (κ3) is 3.53. The van der Waals surface area contributed by atoms with E-state index >= 15 is 0 Å². The second-order valence-corrected chi connectivity index (χ2v) is 4.39. The monoisotopic (exact) mass is 269 g/mol. The van der Waals surface area contributed by atoms with Crippen LogP contribution in [0.2, 0.25) is 0 Å².